The van der Waals surface area contributed by atoms with Crippen molar-refractivity contribution >= 4 is 43.6 Å². The lowest BCUT2D eigenvalue weighted by Gasteiger charge is -2.19. The Balaban J connectivity index is 1.08. The molecular weight excluding hydrogens is 827 g/mol. The predicted molar refractivity (Wildman–Crippen MR) is 281 cm³/mol. The Morgan fingerprint density at radius 2 is 0.721 bits per heavy atom. The summed E-state index contributed by atoms with van der Waals surface area (Å²) in [5.74, 6) is 1.75. The molecule has 5 heteroatoms. The second kappa shape index (κ2) is 16.4. The minimum absolute atomic E-state index is 0.550. The van der Waals surface area contributed by atoms with Crippen molar-refractivity contribution in [3.8, 4) is 78.9 Å². The molecule has 0 fully saturated rings. The number of fused-ring (bicyclic) bond motifs is 7. The number of aromatic nitrogens is 5. The molecule has 0 aliphatic carbocycles. The Labute approximate surface area is 393 Å². The zero-order valence-corrected chi connectivity index (χ0v) is 36.9. The molecule has 3 heterocycles. The number of rotatable bonds is 8. The monoisotopic (exact) mass is 867 g/mol. The van der Waals surface area contributed by atoms with Crippen molar-refractivity contribution in [1.82, 2.24) is 24.1 Å². The highest BCUT2D eigenvalue weighted by Crippen LogP contribution is 2.45. The molecule has 0 N–H and O–H groups in total. The topological polar surface area (TPSA) is 48.5 Å². The lowest BCUT2D eigenvalue weighted by molar-refractivity contribution is 0.953. The van der Waals surface area contributed by atoms with Crippen molar-refractivity contribution in [1.29, 1.82) is 0 Å². The van der Waals surface area contributed by atoms with Crippen LogP contribution in [-0.4, -0.2) is 24.1 Å². The fourth-order valence-electron chi connectivity index (χ4n) is 10.1. The molecular formula is C63H41N5. The number of benzene rings is 10. The van der Waals surface area contributed by atoms with E-state index in [4.69, 9.17) is 15.0 Å². The minimum Gasteiger partial charge on any atom is -0.308 e. The number of para-hydroxylation sites is 2. The fourth-order valence-corrected chi connectivity index (χ4v) is 10.1. The Kier molecular flexibility index (Phi) is 9.43. The third kappa shape index (κ3) is 6.59. The van der Waals surface area contributed by atoms with Crippen LogP contribution in [0.25, 0.3) is 123 Å². The first-order valence-electron chi connectivity index (χ1n) is 23.0. The van der Waals surface area contributed by atoms with Gasteiger partial charge < -0.3 is 4.57 Å². The van der Waals surface area contributed by atoms with E-state index >= 15 is 0 Å². The highest BCUT2D eigenvalue weighted by atomic mass is 15.2. The molecule has 0 aliphatic rings. The first-order chi connectivity index (χ1) is 33.7. The molecule has 318 valence electrons. The standard InChI is InChI=1S/C63H41N5/c1-5-18-42(19-6-1)44-32-36-48(37-33-44)61-64-62(49-38-34-45(35-39-49)43-20-7-2-8-21-43)66-63(65-61)68-55-30-16-14-27-53(55)59-57(68)41-40-52-51-26-13-15-29-54(51)67(60(52)59)56-31-17-28-50(46-22-9-3-10-23-46)58(56)47-24-11-4-12-25-47/h1-41H. The minimum atomic E-state index is 0.550. The van der Waals surface area contributed by atoms with E-state index in [1.165, 1.54) is 27.5 Å². The maximum Gasteiger partial charge on any atom is 0.238 e. The van der Waals surface area contributed by atoms with Crippen molar-refractivity contribution in [3.05, 3.63) is 249 Å². The molecule has 0 aliphatic heterocycles. The van der Waals surface area contributed by atoms with Gasteiger partial charge in [-0.15, -0.1) is 0 Å². The van der Waals surface area contributed by atoms with Gasteiger partial charge in [-0.1, -0.05) is 224 Å². The zero-order valence-electron chi connectivity index (χ0n) is 36.9. The highest BCUT2D eigenvalue weighted by molar-refractivity contribution is 6.26. The molecule has 0 saturated carbocycles. The van der Waals surface area contributed by atoms with E-state index in [0.717, 1.165) is 77.5 Å². The Morgan fingerprint density at radius 3 is 1.29 bits per heavy atom. The van der Waals surface area contributed by atoms with Gasteiger partial charge in [-0.05, 0) is 63.2 Å². The summed E-state index contributed by atoms with van der Waals surface area (Å²) in [5.41, 5.74) is 16.5. The van der Waals surface area contributed by atoms with E-state index in [0.29, 0.717) is 17.6 Å². The van der Waals surface area contributed by atoms with Gasteiger partial charge in [0.25, 0.3) is 0 Å². The van der Waals surface area contributed by atoms with Gasteiger partial charge in [0.1, 0.15) is 0 Å². The Hall–Kier alpha value is -9.19. The lowest BCUT2D eigenvalue weighted by Crippen LogP contribution is -2.06. The van der Waals surface area contributed by atoms with Crippen molar-refractivity contribution in [2.45, 2.75) is 0 Å². The second-order valence-electron chi connectivity index (χ2n) is 17.2. The van der Waals surface area contributed by atoms with Gasteiger partial charge in [0.15, 0.2) is 11.6 Å². The summed E-state index contributed by atoms with van der Waals surface area (Å²) in [7, 11) is 0. The SMILES string of the molecule is c1ccc(-c2ccc(-c3nc(-c4ccc(-c5ccccc5)cc4)nc(-n4c5ccccc5c5c4ccc4c6ccccc6n(-c6cccc(-c7ccccc7)c6-c6ccccc6)c45)n3)cc2)cc1. The van der Waals surface area contributed by atoms with Gasteiger partial charge in [0.2, 0.25) is 5.95 Å². The summed E-state index contributed by atoms with van der Waals surface area (Å²) >= 11 is 0. The predicted octanol–water partition coefficient (Wildman–Crippen LogP) is 16.1. The van der Waals surface area contributed by atoms with Gasteiger partial charge in [-0.25, -0.2) is 4.98 Å². The van der Waals surface area contributed by atoms with Gasteiger partial charge in [-0.3, -0.25) is 4.57 Å². The summed E-state index contributed by atoms with van der Waals surface area (Å²) in [5, 5.41) is 4.60. The van der Waals surface area contributed by atoms with Crippen molar-refractivity contribution in [2.24, 2.45) is 0 Å². The van der Waals surface area contributed by atoms with Crippen LogP contribution in [0.5, 0.6) is 0 Å². The van der Waals surface area contributed by atoms with E-state index in [-0.39, 0.29) is 0 Å². The molecule has 0 saturated heterocycles. The average molecular weight is 868 g/mol. The van der Waals surface area contributed by atoms with Crippen LogP contribution in [0.4, 0.5) is 0 Å². The molecule has 0 radical (unpaired) electrons. The summed E-state index contributed by atoms with van der Waals surface area (Å²) in [6, 6.07) is 88.2. The summed E-state index contributed by atoms with van der Waals surface area (Å²) in [6.07, 6.45) is 0. The quantitative estimate of drug-likeness (QED) is 0.153. The van der Waals surface area contributed by atoms with Crippen LogP contribution in [0.1, 0.15) is 0 Å². The summed E-state index contributed by atoms with van der Waals surface area (Å²) in [4.78, 5) is 16.0. The van der Waals surface area contributed by atoms with Crippen molar-refractivity contribution in [2.75, 3.05) is 0 Å². The van der Waals surface area contributed by atoms with Crippen molar-refractivity contribution < 1.29 is 0 Å². The van der Waals surface area contributed by atoms with Crippen LogP contribution in [0.15, 0.2) is 249 Å². The third-order valence-electron chi connectivity index (χ3n) is 13.2. The van der Waals surface area contributed by atoms with Gasteiger partial charge in [0.05, 0.1) is 27.8 Å². The van der Waals surface area contributed by atoms with E-state index in [2.05, 4.69) is 246 Å². The van der Waals surface area contributed by atoms with Crippen LogP contribution >= 0.6 is 0 Å². The average Bonchev–Trinajstić information content (AvgIpc) is 3.95. The molecule has 5 nitrogen and oxygen atoms in total. The van der Waals surface area contributed by atoms with Crippen LogP contribution in [0, 0.1) is 0 Å². The molecule has 13 rings (SSSR count). The van der Waals surface area contributed by atoms with E-state index in [1.807, 2.05) is 12.1 Å². The zero-order chi connectivity index (χ0) is 45.0. The normalized spacial score (nSPS) is 11.5. The van der Waals surface area contributed by atoms with E-state index in [9.17, 15) is 0 Å². The summed E-state index contributed by atoms with van der Waals surface area (Å²) in [6.45, 7) is 0. The van der Waals surface area contributed by atoms with Crippen LogP contribution in [-0.2, 0) is 0 Å². The molecule has 0 atom stereocenters. The number of hydrogen-bond acceptors (Lipinski definition) is 3. The highest BCUT2D eigenvalue weighted by Gasteiger charge is 2.25. The second-order valence-corrected chi connectivity index (χ2v) is 17.2. The van der Waals surface area contributed by atoms with Crippen molar-refractivity contribution in [3.63, 3.8) is 0 Å². The molecule has 3 aromatic heterocycles. The number of nitrogens with zero attached hydrogens (tertiary/aromatic N) is 5. The van der Waals surface area contributed by atoms with Gasteiger partial charge in [-0.2, -0.15) is 9.97 Å². The third-order valence-corrected chi connectivity index (χ3v) is 13.2. The lowest BCUT2D eigenvalue weighted by atomic mass is 9.92. The van der Waals surface area contributed by atoms with E-state index < -0.39 is 0 Å². The Morgan fingerprint density at radius 1 is 0.265 bits per heavy atom. The maximum absolute atomic E-state index is 5.38. The van der Waals surface area contributed by atoms with Crippen LogP contribution in [0.3, 0.4) is 0 Å². The van der Waals surface area contributed by atoms with Crippen LogP contribution < -0.4 is 0 Å². The van der Waals surface area contributed by atoms with Crippen LogP contribution in [0.2, 0.25) is 0 Å². The smallest absolute Gasteiger partial charge is 0.238 e. The van der Waals surface area contributed by atoms with Gasteiger partial charge >= 0.3 is 0 Å². The molecule has 68 heavy (non-hydrogen) atoms. The molecule has 10 aromatic carbocycles. The first-order valence-corrected chi connectivity index (χ1v) is 23.0. The fraction of sp³-hybridized carbons (Fsp3) is 0. The molecule has 0 unspecified atom stereocenters. The number of hydrogen-bond donors (Lipinski definition) is 0. The molecule has 0 bridgehead atoms. The molecule has 0 spiro atoms. The Bertz CT molecular complexity index is 3870. The largest absolute Gasteiger partial charge is 0.308 e. The molecule has 13 aromatic rings. The van der Waals surface area contributed by atoms with E-state index in [1.54, 1.807) is 0 Å². The molecule has 0 amide bonds. The summed E-state index contributed by atoms with van der Waals surface area (Å²) < 4.78 is 4.72. The maximum atomic E-state index is 5.38. The van der Waals surface area contributed by atoms with Gasteiger partial charge in [0, 0.05) is 38.2 Å². The first kappa shape index (κ1) is 39.2.